The zero-order chi connectivity index (χ0) is 4.50. The van der Waals surface area contributed by atoms with Gasteiger partial charge in [0.05, 0.1) is 0 Å². The fraction of sp³-hybridized carbons (Fsp3) is 1.00. The van der Waals surface area contributed by atoms with Crippen molar-refractivity contribution in [2.24, 2.45) is 0 Å². The van der Waals surface area contributed by atoms with E-state index in [1.54, 1.807) is 0 Å². The van der Waals surface area contributed by atoms with Crippen molar-refractivity contribution in [3.63, 3.8) is 0 Å². The summed E-state index contributed by atoms with van der Waals surface area (Å²) in [5.74, 6) is 0. The van der Waals surface area contributed by atoms with Crippen LogP contribution in [0.2, 0.25) is -0.490 Å². The van der Waals surface area contributed by atoms with E-state index in [0.717, 1.165) is 49.0 Å². The van der Waals surface area contributed by atoms with Gasteiger partial charge in [0.25, 0.3) is 0 Å². The Morgan fingerprint density at radius 3 is 1.20 bits per heavy atom. The molecule has 0 aromatic rings. The van der Waals surface area contributed by atoms with Crippen LogP contribution in [0.25, 0.3) is 0 Å². The van der Waals surface area contributed by atoms with E-state index < -0.39 is 0 Å². The van der Waals surface area contributed by atoms with Gasteiger partial charge in [0.1, 0.15) is 0 Å². The van der Waals surface area contributed by atoms with E-state index in [1.807, 2.05) is 0 Å². The standard InChI is InChI=1S/C4H9.K/c1-4(2)3;/h1-3H3;. The van der Waals surface area contributed by atoms with Crippen LogP contribution in [0, 0.1) is 0 Å². The molecule has 0 aliphatic rings. The summed E-state index contributed by atoms with van der Waals surface area (Å²) in [4.78, 5) is 0. The molecule has 0 heterocycles. The van der Waals surface area contributed by atoms with E-state index in [1.165, 1.54) is 0 Å². The summed E-state index contributed by atoms with van der Waals surface area (Å²) in [6, 6.07) is 0. The molecule has 0 spiro atoms. The van der Waals surface area contributed by atoms with Crippen molar-refractivity contribution < 1.29 is 0 Å². The molecule has 0 atom stereocenters. The van der Waals surface area contributed by atoms with Gasteiger partial charge in [-0.25, -0.2) is 0 Å². The van der Waals surface area contributed by atoms with Crippen molar-refractivity contribution in [3.05, 3.63) is 0 Å². The van der Waals surface area contributed by atoms with Crippen LogP contribution in [0.15, 0.2) is 0 Å². The van der Waals surface area contributed by atoms with Gasteiger partial charge in [0.2, 0.25) is 0 Å². The Labute approximate surface area is 67.9 Å². The Bertz CT molecular complexity index is 19.1. The molecule has 0 unspecified atom stereocenters. The first kappa shape index (κ1) is 6.64. The van der Waals surface area contributed by atoms with Crippen molar-refractivity contribution in [3.8, 4) is 0 Å². The van der Waals surface area contributed by atoms with Crippen LogP contribution in [0.4, 0.5) is 0 Å². The molecule has 0 aromatic carbocycles. The zero-order valence-electron chi connectivity index (χ0n) is 4.50. The van der Waals surface area contributed by atoms with Gasteiger partial charge in [-0.3, -0.25) is 0 Å². The van der Waals surface area contributed by atoms with Crippen molar-refractivity contribution in [1.82, 2.24) is 0 Å². The van der Waals surface area contributed by atoms with E-state index >= 15 is 0 Å². The maximum atomic E-state index is 2.27. The van der Waals surface area contributed by atoms with Crippen LogP contribution in [0.5, 0.6) is 0 Å². The first-order valence-electron chi connectivity index (χ1n) is 2.00. The van der Waals surface area contributed by atoms with Crippen molar-refractivity contribution in [2.75, 3.05) is 0 Å². The molecule has 5 heavy (non-hydrogen) atoms. The van der Waals surface area contributed by atoms with E-state index in [4.69, 9.17) is 0 Å². The summed E-state index contributed by atoms with van der Waals surface area (Å²) >= 11 is 1.00. The average molecular weight is 96.2 g/mol. The number of hydrogen-bond acceptors (Lipinski definition) is 0. The summed E-state index contributed by atoms with van der Waals surface area (Å²) < 4.78 is 0.688. The summed E-state index contributed by atoms with van der Waals surface area (Å²) in [7, 11) is 0. The van der Waals surface area contributed by atoms with Crippen molar-refractivity contribution >= 4 is 49.0 Å². The molecule has 0 aliphatic carbocycles. The topological polar surface area (TPSA) is 0 Å². The molecular formula is C4H9K. The van der Waals surface area contributed by atoms with E-state index in [-0.39, 0.29) is 0 Å². The normalized spacial score (nSPS) is 12.2. The molecule has 0 rings (SSSR count). The van der Waals surface area contributed by atoms with Gasteiger partial charge < -0.3 is 0 Å². The minimum absolute atomic E-state index is 0.688. The Balaban J connectivity index is 3.02. The van der Waals surface area contributed by atoms with Crippen LogP contribution >= 0.6 is 0 Å². The van der Waals surface area contributed by atoms with Gasteiger partial charge in [-0.05, 0) is 0 Å². The molecule has 0 aliphatic heterocycles. The molecule has 0 amide bonds. The Morgan fingerprint density at radius 1 is 1.20 bits per heavy atom. The monoisotopic (exact) mass is 96.0 g/mol. The SMILES string of the molecule is C[C](C)(C)[K]. The molecule has 0 bridgehead atoms. The fourth-order valence-electron chi connectivity index (χ4n) is 0. The minimum atomic E-state index is 0.688. The van der Waals surface area contributed by atoms with Gasteiger partial charge in [-0.15, -0.1) is 0 Å². The van der Waals surface area contributed by atoms with Crippen molar-refractivity contribution in [2.45, 2.75) is 20.3 Å². The third-order valence-corrected chi connectivity index (χ3v) is 0. The fourth-order valence-corrected chi connectivity index (χ4v) is 0. The molecule has 1 heteroatoms. The van der Waals surface area contributed by atoms with Crippen LogP contribution < -0.4 is 0 Å². The summed E-state index contributed by atoms with van der Waals surface area (Å²) in [6.45, 7) is 6.81. The van der Waals surface area contributed by atoms with Gasteiger partial charge >= 0.3 is 69.2 Å². The van der Waals surface area contributed by atoms with Crippen molar-refractivity contribution in [1.29, 1.82) is 0 Å². The van der Waals surface area contributed by atoms with Gasteiger partial charge in [0.15, 0.2) is 0 Å². The Kier molecular flexibility index (Phi) is 2.76. The summed E-state index contributed by atoms with van der Waals surface area (Å²) in [6.07, 6.45) is 0. The molecule has 0 nitrogen and oxygen atoms in total. The predicted octanol–water partition coefficient (Wildman–Crippen LogP) is 1.37. The molecule has 0 aromatic heterocycles. The summed E-state index contributed by atoms with van der Waals surface area (Å²) in [5, 5.41) is 0. The number of rotatable bonds is 0. The maximum absolute atomic E-state index is 2.27. The zero-order valence-corrected chi connectivity index (χ0v) is 7.62. The van der Waals surface area contributed by atoms with Gasteiger partial charge in [-0.2, -0.15) is 0 Å². The first-order valence-corrected chi connectivity index (χ1v) is 3.56. The first-order chi connectivity index (χ1) is 2.00. The second-order valence-corrected chi connectivity index (χ2v) is 7.68. The molecule has 0 saturated carbocycles. The quantitative estimate of drug-likeness (QED) is 0.400. The number of hydrogen-bond donors (Lipinski definition) is 0. The van der Waals surface area contributed by atoms with E-state index in [9.17, 15) is 0 Å². The predicted molar refractivity (Wildman–Crippen MR) is 25.5 cm³/mol. The van der Waals surface area contributed by atoms with E-state index in [2.05, 4.69) is 20.8 Å². The van der Waals surface area contributed by atoms with Gasteiger partial charge in [-0.1, -0.05) is 0 Å². The average Bonchev–Trinajstić information content (AvgIpc) is 0.722. The third-order valence-electron chi connectivity index (χ3n) is 0. The summed E-state index contributed by atoms with van der Waals surface area (Å²) in [5.41, 5.74) is 0. The molecule has 0 saturated heterocycles. The van der Waals surface area contributed by atoms with Gasteiger partial charge in [0, 0.05) is 0 Å². The van der Waals surface area contributed by atoms with Crippen LogP contribution in [0.3, 0.4) is 0 Å². The molecule has 26 valence electrons. The second-order valence-electron chi connectivity index (χ2n) is 3.00. The molecule has 0 N–H and O–H groups in total. The second kappa shape index (κ2) is 2.08. The van der Waals surface area contributed by atoms with Crippen LogP contribution in [-0.4, -0.2) is 49.0 Å². The molecule has 0 fully saturated rings. The molecule has 0 radical (unpaired) electrons. The van der Waals surface area contributed by atoms with Crippen LogP contribution in [0.1, 0.15) is 20.8 Å². The Hall–Kier alpha value is 1.64. The van der Waals surface area contributed by atoms with E-state index in [0.29, 0.717) is -0.490 Å². The Morgan fingerprint density at radius 2 is 1.20 bits per heavy atom. The molecular weight excluding hydrogens is 87.1 g/mol. The van der Waals surface area contributed by atoms with Crippen LogP contribution in [-0.2, 0) is 0 Å². The third kappa shape index (κ3) is 27.8.